The van der Waals surface area contributed by atoms with E-state index in [1.165, 1.54) is 22.6 Å². The van der Waals surface area contributed by atoms with Gasteiger partial charge in [-0.2, -0.15) is 13.2 Å². The predicted molar refractivity (Wildman–Crippen MR) is 110 cm³/mol. The van der Waals surface area contributed by atoms with Crippen LogP contribution in [0.5, 0.6) is 0 Å². The van der Waals surface area contributed by atoms with E-state index < -0.39 is 17.8 Å². The highest BCUT2D eigenvalue weighted by Gasteiger charge is 2.38. The number of hydrogen-bond acceptors (Lipinski definition) is 2. The average molecular weight is 430 g/mol. The molecule has 1 unspecified atom stereocenters. The third kappa shape index (κ3) is 4.60. The monoisotopic (exact) mass is 430 g/mol. The van der Waals surface area contributed by atoms with Gasteiger partial charge in [-0.25, -0.2) is 0 Å². The van der Waals surface area contributed by atoms with E-state index in [2.05, 4.69) is 12.1 Å². The van der Waals surface area contributed by atoms with Crippen LogP contribution in [0.15, 0.2) is 54.6 Å². The van der Waals surface area contributed by atoms with Crippen molar-refractivity contribution < 1.29 is 22.8 Å². The lowest BCUT2D eigenvalue weighted by molar-refractivity contribution is -0.137. The molecule has 0 radical (unpaired) electrons. The van der Waals surface area contributed by atoms with Crippen molar-refractivity contribution in [3.63, 3.8) is 0 Å². The summed E-state index contributed by atoms with van der Waals surface area (Å²) in [7, 11) is 0. The number of piperidine rings is 1. The van der Waals surface area contributed by atoms with Crippen molar-refractivity contribution in [2.45, 2.75) is 43.8 Å². The summed E-state index contributed by atoms with van der Waals surface area (Å²) in [6.07, 6.45) is -1.38. The van der Waals surface area contributed by atoms with E-state index in [-0.39, 0.29) is 17.4 Å². The molecule has 7 heteroatoms. The Morgan fingerprint density at radius 1 is 0.839 bits per heavy atom. The van der Waals surface area contributed by atoms with Crippen molar-refractivity contribution in [2.24, 2.45) is 0 Å². The molecular formula is C24H25F3N2O2. The fraction of sp³-hybridized carbons (Fsp3) is 0.417. The van der Waals surface area contributed by atoms with Gasteiger partial charge in [-0.15, -0.1) is 0 Å². The molecule has 2 aliphatic rings. The van der Waals surface area contributed by atoms with Crippen molar-refractivity contribution in [1.82, 2.24) is 9.80 Å². The highest BCUT2D eigenvalue weighted by atomic mass is 19.4. The highest BCUT2D eigenvalue weighted by molar-refractivity contribution is 5.98. The van der Waals surface area contributed by atoms with Gasteiger partial charge < -0.3 is 9.80 Å². The average Bonchev–Trinajstić information content (AvgIpc) is 3.28. The molecular weight excluding hydrogens is 405 g/mol. The Balaban J connectivity index is 1.40. The quantitative estimate of drug-likeness (QED) is 0.707. The number of nitrogens with zero attached hydrogens (tertiary/aromatic N) is 2. The van der Waals surface area contributed by atoms with Crippen molar-refractivity contribution in [2.75, 3.05) is 19.6 Å². The first-order valence-electron chi connectivity index (χ1n) is 10.7. The van der Waals surface area contributed by atoms with Gasteiger partial charge in [0, 0.05) is 25.2 Å². The topological polar surface area (TPSA) is 40.6 Å². The van der Waals surface area contributed by atoms with Crippen LogP contribution in [-0.4, -0.2) is 47.3 Å². The number of rotatable bonds is 3. The molecule has 1 atom stereocenters. The maximum absolute atomic E-state index is 13.2. The number of carbonyl (C=O) groups excluding carboxylic acids is 2. The molecule has 2 aromatic rings. The number of amides is 2. The minimum atomic E-state index is -4.44. The first-order chi connectivity index (χ1) is 14.8. The van der Waals surface area contributed by atoms with E-state index in [0.717, 1.165) is 25.0 Å². The van der Waals surface area contributed by atoms with Gasteiger partial charge in [0.05, 0.1) is 5.56 Å². The lowest BCUT2D eigenvalue weighted by atomic mass is 9.89. The van der Waals surface area contributed by atoms with Crippen molar-refractivity contribution in [3.8, 4) is 0 Å². The Labute approximate surface area is 179 Å². The summed E-state index contributed by atoms with van der Waals surface area (Å²) in [5, 5.41) is 0. The van der Waals surface area contributed by atoms with E-state index in [0.29, 0.717) is 38.4 Å². The second-order valence-corrected chi connectivity index (χ2v) is 8.24. The molecule has 164 valence electrons. The molecule has 0 N–H and O–H groups in total. The summed E-state index contributed by atoms with van der Waals surface area (Å²) in [5.74, 6) is -0.00766. The van der Waals surface area contributed by atoms with Crippen LogP contribution in [-0.2, 0) is 11.0 Å². The maximum atomic E-state index is 13.2. The van der Waals surface area contributed by atoms with Crippen LogP contribution in [0.2, 0.25) is 0 Å². The summed E-state index contributed by atoms with van der Waals surface area (Å²) < 4.78 is 38.4. The summed E-state index contributed by atoms with van der Waals surface area (Å²) in [6, 6.07) is 13.9. The van der Waals surface area contributed by atoms with E-state index in [9.17, 15) is 22.8 Å². The molecule has 4 rings (SSSR count). The molecule has 2 fully saturated rings. The zero-order valence-corrected chi connectivity index (χ0v) is 17.1. The Kier molecular flexibility index (Phi) is 6.03. The van der Waals surface area contributed by atoms with E-state index in [4.69, 9.17) is 0 Å². The van der Waals surface area contributed by atoms with Crippen LogP contribution in [0.3, 0.4) is 0 Å². The Bertz CT molecular complexity index is 920. The number of benzene rings is 2. The molecule has 0 aliphatic carbocycles. The van der Waals surface area contributed by atoms with Crippen molar-refractivity contribution >= 4 is 11.8 Å². The number of alkyl halides is 3. The molecule has 4 nitrogen and oxygen atoms in total. The molecule has 2 heterocycles. The van der Waals surface area contributed by atoms with Gasteiger partial charge in [-0.05, 0) is 61.4 Å². The molecule has 2 saturated heterocycles. The molecule has 0 saturated carbocycles. The summed E-state index contributed by atoms with van der Waals surface area (Å²) >= 11 is 0. The SMILES string of the molecule is O=C(C1CCCN1C(=O)c1ccc(C(F)(F)F)cc1)N1CCC(c2ccccc2)CC1. The fourth-order valence-corrected chi connectivity index (χ4v) is 4.60. The number of likely N-dealkylation sites (tertiary alicyclic amines) is 2. The van der Waals surface area contributed by atoms with Crippen molar-refractivity contribution in [1.29, 1.82) is 0 Å². The smallest absolute Gasteiger partial charge is 0.341 e. The molecule has 2 aliphatic heterocycles. The summed E-state index contributed by atoms with van der Waals surface area (Å²) in [6.45, 7) is 1.74. The normalized spacial score (nSPS) is 20.2. The van der Waals surface area contributed by atoms with Crippen LogP contribution in [0.25, 0.3) is 0 Å². The standard InChI is InChI=1S/C24H25F3N2O2/c25-24(26,27)20-10-8-19(9-11-20)22(30)29-14-4-7-21(29)23(31)28-15-12-18(13-16-28)17-5-2-1-3-6-17/h1-3,5-6,8-11,18,21H,4,7,12-16H2. The molecule has 2 amide bonds. The molecule has 0 spiro atoms. The zero-order chi connectivity index (χ0) is 22.0. The van der Waals surface area contributed by atoms with Gasteiger partial charge in [0.1, 0.15) is 6.04 Å². The van der Waals surface area contributed by atoms with Crippen LogP contribution < -0.4 is 0 Å². The lowest BCUT2D eigenvalue weighted by Crippen LogP contribution is -2.49. The largest absolute Gasteiger partial charge is 0.416 e. The number of hydrogen-bond donors (Lipinski definition) is 0. The van der Waals surface area contributed by atoms with Crippen LogP contribution in [0.4, 0.5) is 13.2 Å². The summed E-state index contributed by atoms with van der Waals surface area (Å²) in [4.78, 5) is 29.4. The fourth-order valence-electron chi connectivity index (χ4n) is 4.60. The Morgan fingerprint density at radius 2 is 1.48 bits per heavy atom. The molecule has 31 heavy (non-hydrogen) atoms. The molecule has 0 aromatic heterocycles. The highest BCUT2D eigenvalue weighted by Crippen LogP contribution is 2.31. The van der Waals surface area contributed by atoms with Crippen LogP contribution in [0.1, 0.15) is 53.1 Å². The van der Waals surface area contributed by atoms with E-state index >= 15 is 0 Å². The lowest BCUT2D eigenvalue weighted by Gasteiger charge is -2.35. The van der Waals surface area contributed by atoms with Crippen LogP contribution in [0, 0.1) is 0 Å². The van der Waals surface area contributed by atoms with Gasteiger partial charge in [0.25, 0.3) is 5.91 Å². The van der Waals surface area contributed by atoms with Gasteiger partial charge >= 0.3 is 6.18 Å². The van der Waals surface area contributed by atoms with Crippen molar-refractivity contribution in [3.05, 3.63) is 71.3 Å². The Hall–Kier alpha value is -2.83. The summed E-state index contributed by atoms with van der Waals surface area (Å²) in [5.41, 5.74) is 0.671. The zero-order valence-electron chi connectivity index (χ0n) is 17.1. The third-order valence-electron chi connectivity index (χ3n) is 6.34. The second kappa shape index (κ2) is 8.73. The number of carbonyl (C=O) groups is 2. The third-order valence-corrected chi connectivity index (χ3v) is 6.34. The van der Waals surface area contributed by atoms with Crippen LogP contribution >= 0.6 is 0 Å². The van der Waals surface area contributed by atoms with Gasteiger partial charge in [0.2, 0.25) is 5.91 Å². The van der Waals surface area contributed by atoms with Gasteiger partial charge in [-0.3, -0.25) is 9.59 Å². The minimum absolute atomic E-state index is 0.0516. The molecule has 2 aromatic carbocycles. The van der Waals surface area contributed by atoms with Gasteiger partial charge in [0.15, 0.2) is 0 Å². The second-order valence-electron chi connectivity index (χ2n) is 8.24. The first-order valence-corrected chi connectivity index (χ1v) is 10.7. The Morgan fingerprint density at radius 3 is 2.10 bits per heavy atom. The molecule has 0 bridgehead atoms. The van der Waals surface area contributed by atoms with E-state index in [1.807, 2.05) is 23.1 Å². The van der Waals surface area contributed by atoms with Gasteiger partial charge in [-0.1, -0.05) is 30.3 Å². The predicted octanol–water partition coefficient (Wildman–Crippen LogP) is 4.72. The maximum Gasteiger partial charge on any atom is 0.416 e. The first kappa shape index (κ1) is 21.4. The van der Waals surface area contributed by atoms with E-state index in [1.54, 1.807) is 0 Å². The minimum Gasteiger partial charge on any atom is -0.341 e. The number of halogens is 3.